The topological polar surface area (TPSA) is 51.5 Å². The molecule has 0 unspecified atom stereocenters. The normalized spacial score (nSPS) is 10.1. The van der Waals surface area contributed by atoms with Gasteiger partial charge in [-0.25, -0.2) is 4.79 Å². The number of carbonyl (C=O) groups excluding carboxylic acids is 1. The van der Waals surface area contributed by atoms with E-state index < -0.39 is 5.97 Å². The molecule has 0 saturated carbocycles. The van der Waals surface area contributed by atoms with Crippen molar-refractivity contribution in [2.24, 2.45) is 0 Å². The first-order chi connectivity index (χ1) is 8.69. The van der Waals surface area contributed by atoms with E-state index in [1.54, 1.807) is 6.07 Å². The molecule has 0 amide bonds. The van der Waals surface area contributed by atoms with Crippen LogP contribution in [0.1, 0.15) is 16.1 Å². The van der Waals surface area contributed by atoms with Gasteiger partial charge in [-0.15, -0.1) is 0 Å². The van der Waals surface area contributed by atoms with Crippen LogP contribution in [0.3, 0.4) is 0 Å². The van der Waals surface area contributed by atoms with Gasteiger partial charge < -0.3 is 14.5 Å². The standard InChI is InChI=1S/C13H12BrNO3/c1-17-13(16)9-6-12(18-8-9)7-15-11-4-2-10(14)3-5-11/h2-6,8,15H,7H2,1H3. The molecule has 1 N–H and O–H groups in total. The average Bonchev–Trinajstić information content (AvgIpc) is 2.86. The van der Waals surface area contributed by atoms with E-state index in [0.717, 1.165) is 10.2 Å². The molecule has 1 heterocycles. The molecule has 0 fully saturated rings. The number of esters is 1. The largest absolute Gasteiger partial charge is 0.467 e. The molecular weight excluding hydrogens is 298 g/mol. The van der Waals surface area contributed by atoms with Crippen molar-refractivity contribution in [3.8, 4) is 0 Å². The molecule has 18 heavy (non-hydrogen) atoms. The zero-order valence-corrected chi connectivity index (χ0v) is 11.4. The first-order valence-corrected chi connectivity index (χ1v) is 6.13. The van der Waals surface area contributed by atoms with E-state index in [1.165, 1.54) is 13.4 Å². The van der Waals surface area contributed by atoms with E-state index in [9.17, 15) is 4.79 Å². The Balaban J connectivity index is 1.96. The van der Waals surface area contributed by atoms with Crippen LogP contribution in [0, 0.1) is 0 Å². The van der Waals surface area contributed by atoms with Gasteiger partial charge >= 0.3 is 5.97 Å². The second-order valence-corrected chi connectivity index (χ2v) is 4.57. The summed E-state index contributed by atoms with van der Waals surface area (Å²) < 4.78 is 10.9. The summed E-state index contributed by atoms with van der Waals surface area (Å²) in [5.74, 6) is 0.284. The van der Waals surface area contributed by atoms with Gasteiger partial charge in [0.1, 0.15) is 12.0 Å². The minimum Gasteiger partial charge on any atom is -0.467 e. The van der Waals surface area contributed by atoms with Crippen LogP contribution in [0.25, 0.3) is 0 Å². The minimum atomic E-state index is -0.395. The number of furan rings is 1. The molecule has 1 aromatic carbocycles. The zero-order chi connectivity index (χ0) is 13.0. The highest BCUT2D eigenvalue weighted by atomic mass is 79.9. The number of hydrogen-bond acceptors (Lipinski definition) is 4. The zero-order valence-electron chi connectivity index (χ0n) is 9.77. The van der Waals surface area contributed by atoms with Gasteiger partial charge in [0.15, 0.2) is 0 Å². The quantitative estimate of drug-likeness (QED) is 0.879. The predicted octanol–water partition coefficient (Wildman–Crippen LogP) is 3.44. The Hall–Kier alpha value is -1.75. The number of rotatable bonds is 4. The number of hydrogen-bond donors (Lipinski definition) is 1. The monoisotopic (exact) mass is 309 g/mol. The smallest absolute Gasteiger partial charge is 0.341 e. The summed E-state index contributed by atoms with van der Waals surface area (Å²) in [5, 5.41) is 3.19. The summed E-state index contributed by atoms with van der Waals surface area (Å²) >= 11 is 3.37. The fourth-order valence-electron chi connectivity index (χ4n) is 1.46. The first-order valence-electron chi connectivity index (χ1n) is 5.34. The van der Waals surface area contributed by atoms with E-state index in [1.807, 2.05) is 24.3 Å². The summed E-state index contributed by atoms with van der Waals surface area (Å²) in [6.07, 6.45) is 1.39. The second kappa shape index (κ2) is 5.73. The van der Waals surface area contributed by atoms with Crippen LogP contribution >= 0.6 is 15.9 Å². The van der Waals surface area contributed by atoms with Crippen LogP contribution in [-0.4, -0.2) is 13.1 Å². The minimum absolute atomic E-state index is 0.395. The predicted molar refractivity (Wildman–Crippen MR) is 71.5 cm³/mol. The molecule has 1 aromatic heterocycles. The van der Waals surface area contributed by atoms with Gasteiger partial charge in [-0.3, -0.25) is 0 Å². The van der Waals surface area contributed by atoms with Crippen molar-refractivity contribution in [2.45, 2.75) is 6.54 Å². The SMILES string of the molecule is COC(=O)c1coc(CNc2ccc(Br)cc2)c1. The molecule has 0 atom stereocenters. The van der Waals surface area contributed by atoms with Crippen molar-refractivity contribution >= 4 is 27.6 Å². The van der Waals surface area contributed by atoms with Gasteiger partial charge in [0.25, 0.3) is 0 Å². The molecule has 0 aliphatic heterocycles. The Morgan fingerprint density at radius 2 is 2.11 bits per heavy atom. The third kappa shape index (κ3) is 3.13. The molecule has 2 aromatic rings. The molecule has 0 spiro atoms. The number of carbonyl (C=O) groups is 1. The number of halogens is 1. The fourth-order valence-corrected chi connectivity index (χ4v) is 1.72. The summed E-state index contributed by atoms with van der Waals surface area (Å²) in [7, 11) is 1.34. The lowest BCUT2D eigenvalue weighted by molar-refractivity contribution is 0.0600. The molecule has 0 bridgehead atoms. The Labute approximate surface area is 113 Å². The summed E-state index contributed by atoms with van der Waals surface area (Å²) in [5.41, 5.74) is 1.40. The van der Waals surface area contributed by atoms with Gasteiger partial charge in [0.05, 0.1) is 19.2 Å². The molecule has 0 aliphatic carbocycles. The van der Waals surface area contributed by atoms with Gasteiger partial charge in [0, 0.05) is 10.2 Å². The molecule has 0 radical (unpaired) electrons. The van der Waals surface area contributed by atoms with E-state index in [-0.39, 0.29) is 0 Å². The average molecular weight is 310 g/mol. The maximum absolute atomic E-state index is 11.2. The Morgan fingerprint density at radius 3 is 2.78 bits per heavy atom. The van der Waals surface area contributed by atoms with E-state index in [2.05, 4.69) is 26.0 Å². The lowest BCUT2D eigenvalue weighted by Gasteiger charge is -2.03. The lowest BCUT2D eigenvalue weighted by atomic mass is 10.3. The molecule has 0 saturated heterocycles. The van der Waals surface area contributed by atoms with Crippen molar-refractivity contribution in [1.29, 1.82) is 0 Å². The van der Waals surface area contributed by atoms with Gasteiger partial charge in [0.2, 0.25) is 0 Å². The third-order valence-corrected chi connectivity index (χ3v) is 2.91. The van der Waals surface area contributed by atoms with Crippen molar-refractivity contribution in [3.05, 3.63) is 52.4 Å². The van der Waals surface area contributed by atoms with E-state index >= 15 is 0 Å². The van der Waals surface area contributed by atoms with Crippen LogP contribution < -0.4 is 5.32 Å². The highest BCUT2D eigenvalue weighted by Gasteiger charge is 2.09. The molecule has 5 heteroatoms. The van der Waals surface area contributed by atoms with Crippen molar-refractivity contribution in [3.63, 3.8) is 0 Å². The first kappa shape index (κ1) is 12.7. The van der Waals surface area contributed by atoms with Crippen LogP contribution in [0.4, 0.5) is 5.69 Å². The van der Waals surface area contributed by atoms with Crippen LogP contribution in [0.2, 0.25) is 0 Å². The molecule has 0 aliphatic rings. The number of methoxy groups -OCH3 is 1. The highest BCUT2D eigenvalue weighted by Crippen LogP contribution is 2.16. The van der Waals surface area contributed by atoms with Gasteiger partial charge in [-0.05, 0) is 30.3 Å². The Kier molecular flexibility index (Phi) is 4.04. The summed E-state index contributed by atoms with van der Waals surface area (Å²) in [4.78, 5) is 11.2. The van der Waals surface area contributed by atoms with Crippen LogP contribution in [0.5, 0.6) is 0 Å². The fraction of sp³-hybridized carbons (Fsp3) is 0.154. The third-order valence-electron chi connectivity index (χ3n) is 2.39. The van der Waals surface area contributed by atoms with Crippen LogP contribution in [-0.2, 0) is 11.3 Å². The molecule has 2 rings (SSSR count). The number of anilines is 1. The molecule has 94 valence electrons. The Morgan fingerprint density at radius 1 is 1.39 bits per heavy atom. The lowest BCUT2D eigenvalue weighted by Crippen LogP contribution is -2.00. The van der Waals surface area contributed by atoms with Crippen molar-refractivity contribution in [1.82, 2.24) is 0 Å². The number of benzene rings is 1. The van der Waals surface area contributed by atoms with Gasteiger partial charge in [-0.2, -0.15) is 0 Å². The van der Waals surface area contributed by atoms with Gasteiger partial charge in [-0.1, -0.05) is 15.9 Å². The van der Waals surface area contributed by atoms with Crippen LogP contribution in [0.15, 0.2) is 45.5 Å². The molecular formula is C13H12BrNO3. The maximum atomic E-state index is 11.2. The highest BCUT2D eigenvalue weighted by molar-refractivity contribution is 9.10. The molecule has 4 nitrogen and oxygen atoms in total. The Bertz CT molecular complexity index is 533. The second-order valence-electron chi connectivity index (χ2n) is 3.65. The number of ether oxygens (including phenoxy) is 1. The van der Waals surface area contributed by atoms with E-state index in [4.69, 9.17) is 4.42 Å². The summed E-state index contributed by atoms with van der Waals surface area (Å²) in [6.45, 7) is 0.513. The van der Waals surface area contributed by atoms with Crippen molar-refractivity contribution in [2.75, 3.05) is 12.4 Å². The summed E-state index contributed by atoms with van der Waals surface area (Å²) in [6, 6.07) is 9.47. The number of nitrogens with one attached hydrogen (secondary N) is 1. The van der Waals surface area contributed by atoms with Crippen molar-refractivity contribution < 1.29 is 13.9 Å². The van der Waals surface area contributed by atoms with E-state index in [0.29, 0.717) is 17.9 Å². The maximum Gasteiger partial charge on any atom is 0.341 e.